The van der Waals surface area contributed by atoms with Gasteiger partial charge in [-0.15, -0.1) is 0 Å². The van der Waals surface area contributed by atoms with Crippen LogP contribution in [0.25, 0.3) is 6.08 Å². The molecule has 0 fully saturated rings. The summed E-state index contributed by atoms with van der Waals surface area (Å²) in [4.78, 5) is 12.2. The Morgan fingerprint density at radius 3 is 2.74 bits per heavy atom. The lowest BCUT2D eigenvalue weighted by molar-refractivity contribution is 0.104. The molecule has 0 atom stereocenters. The van der Waals surface area contributed by atoms with Crippen molar-refractivity contribution in [3.05, 3.63) is 65.2 Å². The van der Waals surface area contributed by atoms with Gasteiger partial charge in [0.15, 0.2) is 23.9 Å². The van der Waals surface area contributed by atoms with Gasteiger partial charge < -0.3 is 9.47 Å². The number of ether oxygens (including phenoxy) is 2. The van der Waals surface area contributed by atoms with Gasteiger partial charge in [-0.3, -0.25) is 4.79 Å². The third kappa shape index (κ3) is 4.45. The van der Waals surface area contributed by atoms with E-state index < -0.39 is 0 Å². The number of ketones is 1. The average molecular weight is 307 g/mol. The van der Waals surface area contributed by atoms with E-state index in [9.17, 15) is 4.79 Å². The Hall–Kier alpha value is -3.06. The summed E-state index contributed by atoms with van der Waals surface area (Å²) in [7, 11) is 1.53. The van der Waals surface area contributed by atoms with Gasteiger partial charge in [0.1, 0.15) is 6.07 Å². The van der Waals surface area contributed by atoms with Gasteiger partial charge in [-0.25, -0.2) is 0 Å². The Balaban J connectivity index is 2.16. The number of carbonyl (C=O) groups excluding carboxylic acids is 1. The number of rotatable bonds is 6. The Labute approximate surface area is 135 Å². The minimum Gasteiger partial charge on any atom is -0.493 e. The highest BCUT2D eigenvalue weighted by atomic mass is 16.5. The van der Waals surface area contributed by atoms with Gasteiger partial charge in [-0.05, 0) is 36.8 Å². The lowest BCUT2D eigenvalue weighted by atomic mass is 10.1. The van der Waals surface area contributed by atoms with Gasteiger partial charge in [-0.1, -0.05) is 35.9 Å². The molecule has 0 aliphatic carbocycles. The Morgan fingerprint density at radius 1 is 1.22 bits per heavy atom. The summed E-state index contributed by atoms with van der Waals surface area (Å²) in [6.07, 6.45) is 3.25. The fourth-order valence-corrected chi connectivity index (χ4v) is 2.08. The monoisotopic (exact) mass is 307 g/mol. The zero-order valence-corrected chi connectivity index (χ0v) is 13.1. The predicted molar refractivity (Wildman–Crippen MR) is 88.6 cm³/mol. The molecule has 0 aromatic heterocycles. The number of allylic oxidation sites excluding steroid dienone is 1. The van der Waals surface area contributed by atoms with Crippen molar-refractivity contribution >= 4 is 11.9 Å². The molecule has 0 saturated heterocycles. The van der Waals surface area contributed by atoms with Crippen LogP contribution in [0.3, 0.4) is 0 Å². The lowest BCUT2D eigenvalue weighted by Crippen LogP contribution is -1.97. The quantitative estimate of drug-likeness (QED) is 0.601. The van der Waals surface area contributed by atoms with Crippen molar-refractivity contribution in [1.82, 2.24) is 0 Å². The Bertz CT molecular complexity index is 772. The molecule has 0 unspecified atom stereocenters. The van der Waals surface area contributed by atoms with Crippen LogP contribution in [-0.2, 0) is 0 Å². The van der Waals surface area contributed by atoms with E-state index in [4.69, 9.17) is 14.7 Å². The van der Waals surface area contributed by atoms with Crippen molar-refractivity contribution in [2.24, 2.45) is 0 Å². The molecule has 0 heterocycles. The molecule has 0 aliphatic rings. The van der Waals surface area contributed by atoms with E-state index in [0.717, 1.165) is 11.1 Å². The van der Waals surface area contributed by atoms with Gasteiger partial charge in [0.05, 0.1) is 7.11 Å². The highest BCUT2D eigenvalue weighted by Gasteiger charge is 2.05. The van der Waals surface area contributed by atoms with Gasteiger partial charge in [0.2, 0.25) is 0 Å². The molecule has 0 spiro atoms. The second-order valence-electron chi connectivity index (χ2n) is 4.92. The maximum Gasteiger partial charge on any atom is 0.185 e. The van der Waals surface area contributed by atoms with E-state index in [1.807, 2.05) is 31.2 Å². The SMILES string of the molecule is COc1cc(/C=C/C(=O)c2cccc(C)c2)ccc1OCC#N. The van der Waals surface area contributed by atoms with E-state index in [-0.39, 0.29) is 12.4 Å². The minimum absolute atomic E-state index is 0.0443. The number of aryl methyl sites for hydroxylation is 1. The molecule has 2 rings (SSSR count). The van der Waals surface area contributed by atoms with Gasteiger partial charge >= 0.3 is 0 Å². The molecule has 4 nitrogen and oxygen atoms in total. The van der Waals surface area contributed by atoms with Crippen LogP contribution in [0.5, 0.6) is 11.5 Å². The first kappa shape index (κ1) is 16.3. The van der Waals surface area contributed by atoms with Crippen LogP contribution >= 0.6 is 0 Å². The van der Waals surface area contributed by atoms with Gasteiger partial charge in [-0.2, -0.15) is 5.26 Å². The van der Waals surface area contributed by atoms with Crippen molar-refractivity contribution in [2.75, 3.05) is 13.7 Å². The van der Waals surface area contributed by atoms with E-state index in [1.165, 1.54) is 13.2 Å². The third-order valence-electron chi connectivity index (χ3n) is 3.21. The molecule has 0 bridgehead atoms. The molecule has 0 amide bonds. The number of methoxy groups -OCH3 is 1. The van der Waals surface area contributed by atoms with Crippen molar-refractivity contribution in [2.45, 2.75) is 6.92 Å². The van der Waals surface area contributed by atoms with Crippen LogP contribution in [0.15, 0.2) is 48.5 Å². The fraction of sp³-hybridized carbons (Fsp3) is 0.158. The molecule has 2 aromatic carbocycles. The number of benzene rings is 2. The molecule has 4 heteroatoms. The van der Waals surface area contributed by atoms with E-state index >= 15 is 0 Å². The standard InChI is InChI=1S/C19H17NO3/c1-14-4-3-5-16(12-14)17(21)8-6-15-7-9-18(23-11-10-20)19(13-15)22-2/h3-9,12-13H,11H2,1-2H3/b8-6+. The summed E-state index contributed by atoms with van der Waals surface area (Å²) >= 11 is 0. The first-order chi connectivity index (χ1) is 11.1. The Morgan fingerprint density at radius 2 is 2.04 bits per heavy atom. The Kier molecular flexibility index (Phi) is 5.54. The predicted octanol–water partition coefficient (Wildman–Crippen LogP) is 3.80. The summed E-state index contributed by atoms with van der Waals surface area (Å²) in [5.74, 6) is 0.957. The number of nitrogens with zero attached hydrogens (tertiary/aromatic N) is 1. The van der Waals surface area contributed by atoms with Crippen molar-refractivity contribution in [3.63, 3.8) is 0 Å². The van der Waals surface area contributed by atoms with Crippen LogP contribution in [0, 0.1) is 18.3 Å². The summed E-state index contributed by atoms with van der Waals surface area (Å²) < 4.78 is 10.5. The first-order valence-electron chi connectivity index (χ1n) is 7.11. The summed E-state index contributed by atoms with van der Waals surface area (Å²) in [5, 5.41) is 8.55. The second kappa shape index (κ2) is 7.81. The van der Waals surface area contributed by atoms with Crippen LogP contribution in [0.4, 0.5) is 0 Å². The molecular formula is C19H17NO3. The first-order valence-corrected chi connectivity index (χ1v) is 7.11. The molecular weight excluding hydrogens is 290 g/mol. The molecule has 23 heavy (non-hydrogen) atoms. The maximum atomic E-state index is 12.2. The largest absolute Gasteiger partial charge is 0.493 e. The number of carbonyl (C=O) groups is 1. The minimum atomic E-state index is -0.0579. The van der Waals surface area contributed by atoms with E-state index in [1.54, 1.807) is 30.3 Å². The fourth-order valence-electron chi connectivity index (χ4n) is 2.08. The van der Waals surface area contributed by atoms with E-state index in [0.29, 0.717) is 17.1 Å². The number of nitriles is 1. The maximum absolute atomic E-state index is 12.2. The zero-order valence-electron chi connectivity index (χ0n) is 13.1. The third-order valence-corrected chi connectivity index (χ3v) is 3.21. The molecule has 0 aliphatic heterocycles. The molecule has 2 aromatic rings. The average Bonchev–Trinajstić information content (AvgIpc) is 2.58. The summed E-state index contributed by atoms with van der Waals surface area (Å²) in [6.45, 7) is 1.91. The van der Waals surface area contributed by atoms with Crippen LogP contribution in [-0.4, -0.2) is 19.5 Å². The smallest absolute Gasteiger partial charge is 0.185 e. The number of hydrogen-bond acceptors (Lipinski definition) is 4. The highest BCUT2D eigenvalue weighted by molar-refractivity contribution is 6.06. The highest BCUT2D eigenvalue weighted by Crippen LogP contribution is 2.28. The lowest BCUT2D eigenvalue weighted by Gasteiger charge is -2.08. The van der Waals surface area contributed by atoms with Crippen LogP contribution < -0.4 is 9.47 Å². The van der Waals surface area contributed by atoms with Crippen LogP contribution in [0.1, 0.15) is 21.5 Å². The normalized spacial score (nSPS) is 10.3. The van der Waals surface area contributed by atoms with E-state index in [2.05, 4.69) is 0 Å². The van der Waals surface area contributed by atoms with Gasteiger partial charge in [0, 0.05) is 5.56 Å². The summed E-state index contributed by atoms with van der Waals surface area (Å²) in [6, 6.07) is 14.6. The van der Waals surface area contributed by atoms with Gasteiger partial charge in [0.25, 0.3) is 0 Å². The van der Waals surface area contributed by atoms with Crippen molar-refractivity contribution in [1.29, 1.82) is 5.26 Å². The van der Waals surface area contributed by atoms with Crippen LogP contribution in [0.2, 0.25) is 0 Å². The molecule has 116 valence electrons. The molecule has 0 N–H and O–H groups in total. The zero-order chi connectivity index (χ0) is 16.7. The summed E-state index contributed by atoms with van der Waals surface area (Å²) in [5.41, 5.74) is 2.51. The number of hydrogen-bond donors (Lipinski definition) is 0. The van der Waals surface area contributed by atoms with Crippen molar-refractivity contribution in [3.8, 4) is 17.6 Å². The molecule has 0 saturated carbocycles. The second-order valence-corrected chi connectivity index (χ2v) is 4.92. The topological polar surface area (TPSA) is 59.3 Å². The molecule has 0 radical (unpaired) electrons. The van der Waals surface area contributed by atoms with Crippen molar-refractivity contribution < 1.29 is 14.3 Å².